The van der Waals surface area contributed by atoms with Crippen LogP contribution in [0, 0.1) is 0 Å². The van der Waals surface area contributed by atoms with Gasteiger partial charge in [0.25, 0.3) is 0 Å². The highest BCUT2D eigenvalue weighted by Crippen LogP contribution is 2.51. The van der Waals surface area contributed by atoms with Gasteiger partial charge in [0, 0.05) is 0 Å². The predicted octanol–water partition coefficient (Wildman–Crippen LogP) is 4.80. The third-order valence-electron chi connectivity index (χ3n) is 2.93. The Morgan fingerprint density at radius 3 is 2.11 bits per heavy atom. The smallest absolute Gasteiger partial charge is 0.309 e. The van der Waals surface area contributed by atoms with E-state index in [0.29, 0.717) is 19.4 Å². The first-order valence-electron chi connectivity index (χ1n) is 7.10. The highest BCUT2D eigenvalue weighted by atomic mass is 31.2. The molecule has 0 saturated carbocycles. The van der Waals surface area contributed by atoms with E-state index in [1.54, 1.807) is 0 Å². The molecule has 108 valence electrons. The lowest BCUT2D eigenvalue weighted by molar-refractivity contribution is 0.219. The van der Waals surface area contributed by atoms with Crippen LogP contribution in [0.3, 0.4) is 0 Å². The Bertz CT molecular complexity index is 408. The van der Waals surface area contributed by atoms with Gasteiger partial charge in [0.15, 0.2) is 0 Å². The maximum atomic E-state index is 12.6. The summed E-state index contributed by atoms with van der Waals surface area (Å²) >= 11 is 0. The molecule has 0 aromatic heterocycles. The van der Waals surface area contributed by atoms with E-state index < -0.39 is 7.60 Å². The van der Waals surface area contributed by atoms with Gasteiger partial charge >= 0.3 is 7.60 Å². The van der Waals surface area contributed by atoms with Gasteiger partial charge in [-0.3, -0.25) is 4.57 Å². The van der Waals surface area contributed by atoms with Crippen molar-refractivity contribution < 1.29 is 13.6 Å². The summed E-state index contributed by atoms with van der Waals surface area (Å²) in [4.78, 5) is 0. The van der Waals surface area contributed by atoms with Gasteiger partial charge in [0.1, 0.15) is 0 Å². The molecule has 0 radical (unpaired) electrons. The maximum Gasteiger partial charge on any atom is 0.335 e. The van der Waals surface area contributed by atoms with Crippen molar-refractivity contribution in [1.82, 2.24) is 0 Å². The average molecular weight is 284 g/mol. The molecule has 4 heteroatoms. The first kappa shape index (κ1) is 16.4. The van der Waals surface area contributed by atoms with Gasteiger partial charge in [-0.1, -0.05) is 37.6 Å². The summed E-state index contributed by atoms with van der Waals surface area (Å²) in [5.74, 6) is 0. The monoisotopic (exact) mass is 284 g/mol. The molecule has 0 N–H and O–H groups in total. The van der Waals surface area contributed by atoms with Crippen molar-refractivity contribution in [2.75, 3.05) is 13.2 Å². The van der Waals surface area contributed by atoms with E-state index in [1.165, 1.54) is 5.56 Å². The summed E-state index contributed by atoms with van der Waals surface area (Å²) in [6, 6.07) is 8.14. The molecule has 0 aliphatic rings. The van der Waals surface area contributed by atoms with Gasteiger partial charge in [0.05, 0.1) is 19.4 Å². The molecule has 0 bridgehead atoms. The SMILES string of the molecule is CCCCc1ccccc1CP(=O)(OCC)OCC. The summed E-state index contributed by atoms with van der Waals surface area (Å²) in [5.41, 5.74) is 2.34. The van der Waals surface area contributed by atoms with Gasteiger partial charge in [-0.15, -0.1) is 0 Å². The average Bonchev–Trinajstić information content (AvgIpc) is 2.38. The zero-order chi connectivity index (χ0) is 14.1. The second-order valence-electron chi connectivity index (χ2n) is 4.48. The minimum absolute atomic E-state index is 0.370. The van der Waals surface area contributed by atoms with Crippen molar-refractivity contribution >= 4 is 7.60 Å². The normalized spacial score (nSPS) is 11.7. The first-order valence-corrected chi connectivity index (χ1v) is 8.82. The summed E-state index contributed by atoms with van der Waals surface area (Å²) in [6.45, 7) is 6.68. The van der Waals surface area contributed by atoms with Crippen molar-refractivity contribution in [3.63, 3.8) is 0 Å². The van der Waals surface area contributed by atoms with Gasteiger partial charge in [0.2, 0.25) is 0 Å². The first-order chi connectivity index (χ1) is 9.15. The van der Waals surface area contributed by atoms with Crippen LogP contribution in [0.25, 0.3) is 0 Å². The molecule has 0 unspecified atom stereocenters. The largest absolute Gasteiger partial charge is 0.335 e. The number of unbranched alkanes of at least 4 members (excludes halogenated alkanes) is 1. The highest BCUT2D eigenvalue weighted by Gasteiger charge is 2.25. The van der Waals surface area contributed by atoms with E-state index in [0.717, 1.165) is 24.8 Å². The van der Waals surface area contributed by atoms with Crippen LogP contribution in [-0.2, 0) is 26.2 Å². The second-order valence-corrected chi connectivity index (χ2v) is 6.53. The molecule has 3 nitrogen and oxygen atoms in total. The van der Waals surface area contributed by atoms with Gasteiger partial charge in [-0.05, 0) is 37.8 Å². The summed E-state index contributed by atoms with van der Waals surface area (Å²) < 4.78 is 23.3. The Hall–Kier alpha value is -0.630. The molecule has 0 aliphatic carbocycles. The maximum absolute atomic E-state index is 12.6. The summed E-state index contributed by atoms with van der Waals surface area (Å²) in [5, 5.41) is 0. The van der Waals surface area contributed by atoms with Gasteiger partial charge in [-0.2, -0.15) is 0 Å². The standard InChI is InChI=1S/C15H25O3P/c1-4-7-10-14-11-8-9-12-15(14)13-19(16,17-5-2)18-6-3/h8-9,11-12H,4-7,10,13H2,1-3H3. The molecular formula is C15H25O3P. The van der Waals surface area contributed by atoms with Gasteiger partial charge in [-0.25, -0.2) is 0 Å². The molecule has 19 heavy (non-hydrogen) atoms. The predicted molar refractivity (Wildman–Crippen MR) is 79.6 cm³/mol. The molecule has 0 saturated heterocycles. The molecule has 1 rings (SSSR count). The topological polar surface area (TPSA) is 35.5 Å². The van der Waals surface area contributed by atoms with Crippen molar-refractivity contribution in [3.05, 3.63) is 35.4 Å². The van der Waals surface area contributed by atoms with Crippen molar-refractivity contribution in [2.24, 2.45) is 0 Å². The zero-order valence-corrected chi connectivity index (χ0v) is 13.1. The fourth-order valence-corrected chi connectivity index (χ4v) is 3.82. The molecule has 1 aromatic carbocycles. The molecule has 0 heterocycles. The van der Waals surface area contributed by atoms with E-state index in [2.05, 4.69) is 13.0 Å². The summed E-state index contributed by atoms with van der Waals surface area (Å²) in [7, 11) is -3.00. The van der Waals surface area contributed by atoms with E-state index in [4.69, 9.17) is 9.05 Å². The molecule has 0 aliphatic heterocycles. The van der Waals surface area contributed by atoms with Crippen LogP contribution in [0.4, 0.5) is 0 Å². The minimum Gasteiger partial charge on any atom is -0.309 e. The number of benzene rings is 1. The second kappa shape index (κ2) is 8.52. The Balaban J connectivity index is 2.86. The third kappa shape index (κ3) is 5.48. The van der Waals surface area contributed by atoms with Crippen LogP contribution in [-0.4, -0.2) is 13.2 Å². The van der Waals surface area contributed by atoms with Crippen molar-refractivity contribution in [3.8, 4) is 0 Å². The van der Waals surface area contributed by atoms with Gasteiger partial charge < -0.3 is 9.05 Å². The van der Waals surface area contributed by atoms with E-state index in [-0.39, 0.29) is 0 Å². The van der Waals surface area contributed by atoms with Crippen LogP contribution in [0.5, 0.6) is 0 Å². The van der Waals surface area contributed by atoms with Crippen LogP contribution < -0.4 is 0 Å². The molecule has 0 atom stereocenters. The molecule has 0 spiro atoms. The summed E-state index contributed by atoms with van der Waals surface area (Å²) in [6.07, 6.45) is 3.69. The Morgan fingerprint density at radius 2 is 1.58 bits per heavy atom. The number of hydrogen-bond acceptors (Lipinski definition) is 3. The van der Waals surface area contributed by atoms with Crippen molar-refractivity contribution in [1.29, 1.82) is 0 Å². The van der Waals surface area contributed by atoms with Crippen LogP contribution in [0.15, 0.2) is 24.3 Å². The third-order valence-corrected chi connectivity index (χ3v) is 4.96. The quantitative estimate of drug-likeness (QED) is 0.611. The number of aryl methyl sites for hydroxylation is 1. The molecular weight excluding hydrogens is 259 g/mol. The van der Waals surface area contributed by atoms with Crippen LogP contribution >= 0.6 is 7.60 Å². The van der Waals surface area contributed by atoms with Crippen LogP contribution in [0.2, 0.25) is 0 Å². The van der Waals surface area contributed by atoms with E-state index >= 15 is 0 Å². The molecule has 1 aromatic rings. The fourth-order valence-electron chi connectivity index (χ4n) is 2.05. The number of rotatable bonds is 9. The van der Waals surface area contributed by atoms with E-state index in [1.807, 2.05) is 32.0 Å². The molecule has 0 amide bonds. The minimum atomic E-state index is -3.00. The molecule has 0 fully saturated rings. The fraction of sp³-hybridized carbons (Fsp3) is 0.600. The Morgan fingerprint density at radius 1 is 1.00 bits per heavy atom. The van der Waals surface area contributed by atoms with Crippen molar-refractivity contribution in [2.45, 2.75) is 46.2 Å². The Labute approximate surface area is 116 Å². The number of hydrogen-bond donors (Lipinski definition) is 0. The lowest BCUT2D eigenvalue weighted by Gasteiger charge is -2.18. The highest BCUT2D eigenvalue weighted by molar-refractivity contribution is 7.53. The lowest BCUT2D eigenvalue weighted by atomic mass is 10.0. The van der Waals surface area contributed by atoms with Crippen LogP contribution in [0.1, 0.15) is 44.7 Å². The zero-order valence-electron chi connectivity index (χ0n) is 12.2. The Kier molecular flexibility index (Phi) is 7.37. The lowest BCUT2D eigenvalue weighted by Crippen LogP contribution is -2.01. The van der Waals surface area contributed by atoms with E-state index in [9.17, 15) is 4.57 Å².